The maximum Gasteiger partial charge on any atom is 0.423 e. The third-order valence-electron chi connectivity index (χ3n) is 4.02. The molecule has 2 rings (SSSR count). The molecule has 4 nitrogen and oxygen atoms in total. The molecule has 0 saturated carbocycles. The third-order valence-corrected chi connectivity index (χ3v) is 4.02. The lowest BCUT2D eigenvalue weighted by molar-refractivity contribution is -0.159. The number of alkyl halides is 6. The smallest absolute Gasteiger partial charge is 0.423 e. The SMILES string of the molecule is CCCCc1cccc(N(CC)c2ncc(C(F)(F)F)c(OCC(F)(F)F)n2)c1. The van der Waals surface area contributed by atoms with Crippen molar-refractivity contribution in [1.82, 2.24) is 9.97 Å². The van der Waals surface area contributed by atoms with E-state index in [4.69, 9.17) is 0 Å². The van der Waals surface area contributed by atoms with Crippen molar-refractivity contribution in [3.8, 4) is 5.88 Å². The van der Waals surface area contributed by atoms with E-state index in [1.807, 2.05) is 12.1 Å². The van der Waals surface area contributed by atoms with Gasteiger partial charge in [-0.15, -0.1) is 0 Å². The second-order valence-electron chi connectivity index (χ2n) is 6.31. The maximum atomic E-state index is 13.1. The fraction of sp³-hybridized carbons (Fsp3) is 0.474. The minimum absolute atomic E-state index is 0.176. The summed E-state index contributed by atoms with van der Waals surface area (Å²) in [5.41, 5.74) is 0.198. The first-order valence-corrected chi connectivity index (χ1v) is 9.05. The van der Waals surface area contributed by atoms with E-state index in [0.717, 1.165) is 24.8 Å². The number of nitrogens with zero attached hydrogens (tertiary/aromatic N) is 3. The lowest BCUT2D eigenvalue weighted by Gasteiger charge is -2.23. The van der Waals surface area contributed by atoms with Crippen molar-refractivity contribution in [2.75, 3.05) is 18.1 Å². The van der Waals surface area contributed by atoms with Crippen LogP contribution in [0.2, 0.25) is 0 Å². The van der Waals surface area contributed by atoms with Crippen LogP contribution in [-0.4, -0.2) is 29.3 Å². The summed E-state index contributed by atoms with van der Waals surface area (Å²) in [6, 6.07) is 7.32. The first kappa shape index (κ1) is 22.8. The summed E-state index contributed by atoms with van der Waals surface area (Å²) in [6.07, 6.45) is -6.50. The van der Waals surface area contributed by atoms with Gasteiger partial charge >= 0.3 is 12.4 Å². The summed E-state index contributed by atoms with van der Waals surface area (Å²) >= 11 is 0. The predicted octanol–water partition coefficient (Wildman–Crippen LogP) is 5.94. The number of anilines is 2. The first-order valence-electron chi connectivity index (χ1n) is 9.05. The number of benzene rings is 1. The van der Waals surface area contributed by atoms with Gasteiger partial charge in [0.15, 0.2) is 6.61 Å². The Balaban J connectivity index is 2.41. The molecule has 0 bridgehead atoms. The molecule has 0 spiro atoms. The van der Waals surface area contributed by atoms with E-state index in [9.17, 15) is 26.3 Å². The standard InChI is InChI=1S/C19H21F6N3O/c1-3-5-7-13-8-6-9-14(10-13)28(4-2)17-26-11-15(19(23,24)25)16(27-17)29-12-18(20,21)22/h6,8-11H,3-5,7,12H2,1-2H3. The van der Waals surface area contributed by atoms with Gasteiger partial charge in [-0.1, -0.05) is 25.5 Å². The monoisotopic (exact) mass is 421 g/mol. The molecular formula is C19H21F6N3O. The Morgan fingerprint density at radius 2 is 1.79 bits per heavy atom. The van der Waals surface area contributed by atoms with Crippen LogP contribution in [0, 0.1) is 0 Å². The summed E-state index contributed by atoms with van der Waals surface area (Å²) in [4.78, 5) is 8.89. The summed E-state index contributed by atoms with van der Waals surface area (Å²) in [7, 11) is 0. The molecule has 160 valence electrons. The lowest BCUT2D eigenvalue weighted by Crippen LogP contribution is -2.24. The largest absolute Gasteiger partial charge is 0.467 e. The molecule has 0 N–H and O–H groups in total. The molecule has 29 heavy (non-hydrogen) atoms. The zero-order valence-electron chi connectivity index (χ0n) is 15.9. The molecule has 0 aliphatic heterocycles. The van der Waals surface area contributed by atoms with E-state index in [1.54, 1.807) is 19.1 Å². The number of halogens is 6. The molecule has 0 fully saturated rings. The van der Waals surface area contributed by atoms with Crippen LogP contribution in [-0.2, 0) is 12.6 Å². The highest BCUT2D eigenvalue weighted by atomic mass is 19.4. The van der Waals surface area contributed by atoms with Crippen molar-refractivity contribution in [2.24, 2.45) is 0 Å². The van der Waals surface area contributed by atoms with Gasteiger partial charge in [0, 0.05) is 18.4 Å². The van der Waals surface area contributed by atoms with Crippen molar-refractivity contribution in [3.63, 3.8) is 0 Å². The first-order chi connectivity index (χ1) is 13.5. The normalized spacial score (nSPS) is 12.1. The molecule has 2 aromatic rings. The maximum absolute atomic E-state index is 13.1. The van der Waals surface area contributed by atoms with Gasteiger partial charge in [0.25, 0.3) is 0 Å². The zero-order chi connectivity index (χ0) is 21.7. The van der Waals surface area contributed by atoms with E-state index in [2.05, 4.69) is 21.6 Å². The fourth-order valence-corrected chi connectivity index (χ4v) is 2.64. The Bertz CT molecular complexity index is 807. The zero-order valence-corrected chi connectivity index (χ0v) is 15.9. The Hall–Kier alpha value is -2.52. The van der Waals surface area contributed by atoms with E-state index >= 15 is 0 Å². The number of unbranched alkanes of at least 4 members (excludes halogenated alkanes) is 1. The van der Waals surface area contributed by atoms with Crippen LogP contribution in [0.25, 0.3) is 0 Å². The minimum atomic E-state index is -4.95. The van der Waals surface area contributed by atoms with Crippen molar-refractivity contribution < 1.29 is 31.1 Å². The Morgan fingerprint density at radius 1 is 1.07 bits per heavy atom. The summed E-state index contributed by atoms with van der Waals surface area (Å²) in [5, 5.41) is 0. The van der Waals surface area contributed by atoms with Crippen molar-refractivity contribution in [1.29, 1.82) is 0 Å². The Labute approximate surface area is 164 Å². The van der Waals surface area contributed by atoms with Gasteiger partial charge in [-0.3, -0.25) is 0 Å². The molecular weight excluding hydrogens is 400 g/mol. The molecule has 1 aromatic heterocycles. The molecule has 0 amide bonds. The van der Waals surface area contributed by atoms with Crippen LogP contribution in [0.15, 0.2) is 30.5 Å². The Kier molecular flexibility index (Phi) is 7.32. The molecule has 0 saturated heterocycles. The van der Waals surface area contributed by atoms with Crippen LogP contribution in [0.4, 0.5) is 38.0 Å². The van der Waals surface area contributed by atoms with Crippen molar-refractivity contribution >= 4 is 11.6 Å². The number of aryl methyl sites for hydroxylation is 1. The van der Waals surface area contributed by atoms with E-state index < -0.39 is 30.4 Å². The second kappa shape index (κ2) is 9.32. The number of aromatic nitrogens is 2. The van der Waals surface area contributed by atoms with Crippen molar-refractivity contribution in [3.05, 3.63) is 41.6 Å². The van der Waals surface area contributed by atoms with Gasteiger partial charge in [0.2, 0.25) is 11.8 Å². The van der Waals surface area contributed by atoms with Crippen molar-refractivity contribution in [2.45, 2.75) is 45.5 Å². The third kappa shape index (κ3) is 6.50. The van der Waals surface area contributed by atoms with E-state index in [0.29, 0.717) is 18.4 Å². The van der Waals surface area contributed by atoms with Gasteiger partial charge < -0.3 is 9.64 Å². The fourth-order valence-electron chi connectivity index (χ4n) is 2.64. The number of hydrogen-bond donors (Lipinski definition) is 0. The lowest BCUT2D eigenvalue weighted by atomic mass is 10.1. The molecule has 0 atom stereocenters. The summed E-state index contributed by atoms with van der Waals surface area (Å²) in [5.74, 6) is -1.33. The highest BCUT2D eigenvalue weighted by Gasteiger charge is 2.38. The second-order valence-corrected chi connectivity index (χ2v) is 6.31. The number of ether oxygens (including phenoxy) is 1. The van der Waals surface area contributed by atoms with Crippen LogP contribution in [0.1, 0.15) is 37.8 Å². The molecule has 10 heteroatoms. The number of hydrogen-bond acceptors (Lipinski definition) is 4. The highest BCUT2D eigenvalue weighted by molar-refractivity contribution is 5.58. The Morgan fingerprint density at radius 3 is 2.38 bits per heavy atom. The molecule has 0 unspecified atom stereocenters. The van der Waals surface area contributed by atoms with Gasteiger partial charge in [-0.05, 0) is 37.5 Å². The summed E-state index contributed by atoms with van der Waals surface area (Å²) < 4.78 is 81.1. The van der Waals surface area contributed by atoms with Crippen LogP contribution >= 0.6 is 0 Å². The quantitative estimate of drug-likeness (QED) is 0.495. The number of rotatable bonds is 8. The highest BCUT2D eigenvalue weighted by Crippen LogP contribution is 2.37. The molecule has 1 aromatic carbocycles. The van der Waals surface area contributed by atoms with Gasteiger partial charge in [0.05, 0.1) is 0 Å². The average molecular weight is 421 g/mol. The van der Waals surface area contributed by atoms with Crippen LogP contribution < -0.4 is 9.64 Å². The summed E-state index contributed by atoms with van der Waals surface area (Å²) in [6.45, 7) is 2.20. The molecule has 0 aliphatic carbocycles. The minimum Gasteiger partial charge on any atom is -0.467 e. The predicted molar refractivity (Wildman–Crippen MR) is 96.3 cm³/mol. The van der Waals surface area contributed by atoms with Gasteiger partial charge in [0.1, 0.15) is 5.56 Å². The van der Waals surface area contributed by atoms with Gasteiger partial charge in [-0.2, -0.15) is 31.3 Å². The van der Waals surface area contributed by atoms with Crippen LogP contribution in [0.3, 0.4) is 0 Å². The molecule has 0 aliphatic rings. The molecule has 1 heterocycles. The topological polar surface area (TPSA) is 38.2 Å². The van der Waals surface area contributed by atoms with Gasteiger partial charge in [-0.25, -0.2) is 4.98 Å². The van der Waals surface area contributed by atoms with Crippen LogP contribution in [0.5, 0.6) is 5.88 Å². The average Bonchev–Trinajstić information content (AvgIpc) is 2.64. The van der Waals surface area contributed by atoms with E-state index in [1.165, 1.54) is 4.90 Å². The molecule has 0 radical (unpaired) electrons. The van der Waals surface area contributed by atoms with E-state index in [-0.39, 0.29) is 5.95 Å².